The fraction of sp³-hybridized carbons (Fsp3) is 0.727. The van der Waals surface area contributed by atoms with Crippen LogP contribution in [0.4, 0.5) is 0 Å². The molecule has 1 amide bonds. The molecule has 1 aliphatic heterocycles. The number of rotatable bonds is 3. The lowest BCUT2D eigenvalue weighted by molar-refractivity contribution is -0.132. The van der Waals surface area contributed by atoms with Gasteiger partial charge >= 0.3 is 0 Å². The summed E-state index contributed by atoms with van der Waals surface area (Å²) in [6, 6.07) is 0.351. The van der Waals surface area contributed by atoms with Gasteiger partial charge in [-0.25, -0.2) is 0 Å². The summed E-state index contributed by atoms with van der Waals surface area (Å²) in [5.74, 6) is 0.151. The predicted octanol–water partition coefficient (Wildman–Crippen LogP) is 0.719. The van der Waals surface area contributed by atoms with Crippen molar-refractivity contribution in [3.63, 3.8) is 0 Å². The second-order valence-corrected chi connectivity index (χ2v) is 5.24. The summed E-state index contributed by atoms with van der Waals surface area (Å²) in [5, 5.41) is 7.45. The molecule has 102 valence electrons. The van der Waals surface area contributed by atoms with Gasteiger partial charge in [0.25, 0.3) is 0 Å². The molecule has 5 N–H and O–H groups in total. The fourth-order valence-electron chi connectivity index (χ4n) is 2.12. The summed E-state index contributed by atoms with van der Waals surface area (Å²) in [7, 11) is 0. The lowest BCUT2D eigenvalue weighted by Crippen LogP contribution is -2.44. The summed E-state index contributed by atoms with van der Waals surface area (Å²) >= 11 is 1.06. The number of amidine groups is 1. The minimum absolute atomic E-state index is 0.0200. The Morgan fingerprint density at radius 2 is 2.22 bits per heavy atom. The van der Waals surface area contributed by atoms with Crippen molar-refractivity contribution in [3.05, 3.63) is 0 Å². The van der Waals surface area contributed by atoms with E-state index in [1.165, 1.54) is 6.42 Å². The van der Waals surface area contributed by atoms with Crippen LogP contribution in [0.2, 0.25) is 0 Å². The molecule has 1 heterocycles. The molecule has 0 aliphatic carbocycles. The van der Waals surface area contributed by atoms with Crippen LogP contribution in [0.5, 0.6) is 0 Å². The summed E-state index contributed by atoms with van der Waals surface area (Å²) in [5.41, 5.74) is 10.3. The van der Waals surface area contributed by atoms with Gasteiger partial charge in [-0.3, -0.25) is 10.2 Å². The average Bonchev–Trinajstić information content (AvgIpc) is 2.35. The van der Waals surface area contributed by atoms with Gasteiger partial charge in [0.2, 0.25) is 5.91 Å². The topological polar surface area (TPSA) is 109 Å². The van der Waals surface area contributed by atoms with Crippen LogP contribution in [0.15, 0.2) is 4.99 Å². The Balaban J connectivity index is 2.44. The number of aliphatic imine (C=N–C) groups is 1. The molecular weight excluding hydrogens is 250 g/mol. The van der Waals surface area contributed by atoms with Gasteiger partial charge in [-0.15, -0.1) is 0 Å². The summed E-state index contributed by atoms with van der Waals surface area (Å²) in [4.78, 5) is 17.6. The minimum Gasteiger partial charge on any atom is -0.370 e. The van der Waals surface area contributed by atoms with Crippen molar-refractivity contribution >= 4 is 28.8 Å². The van der Waals surface area contributed by atoms with Gasteiger partial charge in [-0.05, 0) is 25.7 Å². The highest BCUT2D eigenvalue weighted by atomic mass is 32.2. The van der Waals surface area contributed by atoms with E-state index in [1.807, 2.05) is 4.90 Å². The molecule has 0 aromatic carbocycles. The van der Waals surface area contributed by atoms with Gasteiger partial charge in [0.05, 0.1) is 5.75 Å². The maximum Gasteiger partial charge on any atom is 0.233 e. The number of nitrogens with one attached hydrogen (secondary N) is 1. The van der Waals surface area contributed by atoms with Crippen LogP contribution in [0.1, 0.15) is 32.6 Å². The number of piperidine rings is 1. The van der Waals surface area contributed by atoms with Crippen molar-refractivity contribution < 1.29 is 4.79 Å². The third-order valence-corrected chi connectivity index (χ3v) is 3.74. The smallest absolute Gasteiger partial charge is 0.233 e. The molecule has 7 heteroatoms. The molecule has 0 aromatic heterocycles. The van der Waals surface area contributed by atoms with Crippen LogP contribution in [0, 0.1) is 5.41 Å². The van der Waals surface area contributed by atoms with E-state index < -0.39 is 0 Å². The fourth-order valence-corrected chi connectivity index (χ4v) is 2.71. The SMILES string of the molecule is CCC1CCCCN1C(=O)CSC(=N)N=C(N)N. The van der Waals surface area contributed by atoms with Crippen LogP contribution in [0.25, 0.3) is 0 Å². The van der Waals surface area contributed by atoms with Crippen molar-refractivity contribution in [1.82, 2.24) is 4.90 Å². The Kier molecular flexibility index (Phi) is 5.97. The standard InChI is InChI=1S/C11H21N5OS/c1-2-8-5-3-4-6-16(8)9(17)7-18-11(14)15-10(12)13/h8H,2-7H2,1H3,(H5,12,13,14,15). The first-order valence-corrected chi connectivity index (χ1v) is 7.13. The van der Waals surface area contributed by atoms with Gasteiger partial charge in [-0.1, -0.05) is 18.7 Å². The monoisotopic (exact) mass is 271 g/mol. The number of thioether (sulfide) groups is 1. The molecule has 6 nitrogen and oxygen atoms in total. The van der Waals surface area contributed by atoms with Crippen LogP contribution in [-0.2, 0) is 4.79 Å². The Bertz CT molecular complexity index is 340. The third-order valence-electron chi connectivity index (χ3n) is 2.98. The molecule has 0 aromatic rings. The van der Waals surface area contributed by atoms with Gasteiger partial charge in [0, 0.05) is 12.6 Å². The van der Waals surface area contributed by atoms with Crippen molar-refractivity contribution in [2.24, 2.45) is 16.5 Å². The normalized spacial score (nSPS) is 19.4. The molecule has 1 fully saturated rings. The number of carbonyl (C=O) groups is 1. The third kappa shape index (κ3) is 4.56. The van der Waals surface area contributed by atoms with Crippen molar-refractivity contribution in [2.75, 3.05) is 12.3 Å². The van der Waals surface area contributed by atoms with Crippen LogP contribution < -0.4 is 11.5 Å². The van der Waals surface area contributed by atoms with E-state index in [0.717, 1.165) is 37.6 Å². The Labute approximate surface area is 112 Å². The molecule has 1 aliphatic rings. The highest BCUT2D eigenvalue weighted by molar-refractivity contribution is 8.14. The second kappa shape index (κ2) is 7.25. The maximum atomic E-state index is 12.1. The van der Waals surface area contributed by atoms with Crippen LogP contribution in [-0.4, -0.2) is 40.3 Å². The van der Waals surface area contributed by atoms with Crippen LogP contribution >= 0.6 is 11.8 Å². The Morgan fingerprint density at radius 1 is 1.50 bits per heavy atom. The second-order valence-electron chi connectivity index (χ2n) is 4.28. The van der Waals surface area contributed by atoms with E-state index in [0.29, 0.717) is 6.04 Å². The highest BCUT2D eigenvalue weighted by Crippen LogP contribution is 2.20. The quantitative estimate of drug-likeness (QED) is 0.519. The molecule has 0 radical (unpaired) electrons. The molecule has 1 atom stereocenters. The highest BCUT2D eigenvalue weighted by Gasteiger charge is 2.25. The summed E-state index contributed by atoms with van der Waals surface area (Å²) < 4.78 is 0. The van der Waals surface area contributed by atoms with E-state index in [1.54, 1.807) is 0 Å². The molecule has 1 unspecified atom stereocenters. The number of amides is 1. The largest absolute Gasteiger partial charge is 0.370 e. The van der Waals surface area contributed by atoms with E-state index in [4.69, 9.17) is 16.9 Å². The zero-order valence-electron chi connectivity index (χ0n) is 10.7. The Morgan fingerprint density at radius 3 is 2.83 bits per heavy atom. The first-order chi connectivity index (χ1) is 8.54. The molecule has 1 rings (SSSR count). The number of hydrogen-bond donors (Lipinski definition) is 3. The number of hydrogen-bond acceptors (Lipinski definition) is 3. The van der Waals surface area contributed by atoms with E-state index in [9.17, 15) is 4.79 Å². The molecule has 0 spiro atoms. The zero-order valence-corrected chi connectivity index (χ0v) is 11.5. The Hall–Kier alpha value is -1.24. The number of likely N-dealkylation sites (tertiary alicyclic amines) is 1. The predicted molar refractivity (Wildman–Crippen MR) is 75.6 cm³/mol. The van der Waals surface area contributed by atoms with Gasteiger partial charge in [-0.2, -0.15) is 4.99 Å². The number of nitrogens with zero attached hydrogens (tertiary/aromatic N) is 2. The van der Waals surface area contributed by atoms with Gasteiger partial charge < -0.3 is 16.4 Å². The lowest BCUT2D eigenvalue weighted by Gasteiger charge is -2.35. The van der Waals surface area contributed by atoms with E-state index in [-0.39, 0.29) is 22.8 Å². The average molecular weight is 271 g/mol. The molecule has 1 saturated heterocycles. The van der Waals surface area contributed by atoms with Gasteiger partial charge in [0.15, 0.2) is 11.1 Å². The molecule has 0 saturated carbocycles. The van der Waals surface area contributed by atoms with E-state index >= 15 is 0 Å². The molecular formula is C11H21N5OS. The number of nitrogens with two attached hydrogens (primary N) is 2. The number of carbonyl (C=O) groups excluding carboxylic acids is 1. The summed E-state index contributed by atoms with van der Waals surface area (Å²) in [6.45, 7) is 2.93. The van der Waals surface area contributed by atoms with Gasteiger partial charge in [0.1, 0.15) is 0 Å². The zero-order chi connectivity index (χ0) is 13.5. The molecule has 0 bridgehead atoms. The lowest BCUT2D eigenvalue weighted by atomic mass is 10.0. The van der Waals surface area contributed by atoms with Crippen molar-refractivity contribution in [1.29, 1.82) is 5.41 Å². The van der Waals surface area contributed by atoms with E-state index in [2.05, 4.69) is 11.9 Å². The van der Waals surface area contributed by atoms with Crippen molar-refractivity contribution in [2.45, 2.75) is 38.6 Å². The summed E-state index contributed by atoms with van der Waals surface area (Å²) in [6.07, 6.45) is 4.33. The first-order valence-electron chi connectivity index (χ1n) is 6.15. The van der Waals surface area contributed by atoms with Crippen molar-refractivity contribution in [3.8, 4) is 0 Å². The minimum atomic E-state index is -0.149. The van der Waals surface area contributed by atoms with Crippen LogP contribution in [0.3, 0.4) is 0 Å². The molecule has 18 heavy (non-hydrogen) atoms. The maximum absolute atomic E-state index is 12.1. The number of guanidine groups is 1. The first kappa shape index (κ1) is 14.8.